The molecule has 1 atom stereocenters. The van der Waals surface area contributed by atoms with Crippen molar-refractivity contribution in [1.29, 1.82) is 0 Å². The van der Waals surface area contributed by atoms with Crippen LogP contribution in [0.3, 0.4) is 0 Å². The summed E-state index contributed by atoms with van der Waals surface area (Å²) in [5.74, 6) is -0.423. The zero-order chi connectivity index (χ0) is 22.1. The summed E-state index contributed by atoms with van der Waals surface area (Å²) < 4.78 is 19.9. The molecule has 2 heterocycles. The predicted octanol–water partition coefficient (Wildman–Crippen LogP) is 4.77. The number of hydrogen-bond acceptors (Lipinski definition) is 5. The second kappa shape index (κ2) is 8.19. The number of carbonyl (C=O) groups is 1. The first kappa shape index (κ1) is 19.8. The molecule has 1 aliphatic heterocycles. The Hall–Kier alpha value is -4.13. The first-order chi connectivity index (χ1) is 15.7. The zero-order valence-electron chi connectivity index (χ0n) is 17.3. The van der Waals surface area contributed by atoms with Gasteiger partial charge < -0.3 is 4.74 Å². The summed E-state index contributed by atoms with van der Waals surface area (Å²) in [5.41, 5.74) is 3.78. The Labute approximate surface area is 184 Å². The number of nitrogens with zero attached hydrogens (tertiary/aromatic N) is 4. The predicted molar refractivity (Wildman–Crippen MR) is 119 cm³/mol. The van der Waals surface area contributed by atoms with E-state index in [1.165, 1.54) is 17.1 Å². The van der Waals surface area contributed by atoms with Crippen LogP contribution >= 0.6 is 0 Å². The standard InChI is InChI=1S/C25H19FN4O2/c1-32-24-9-5-3-7-18(24)21-15-23(16-10-11-20-22(14-16)28-13-12-27-20)30(29-21)25(31)17-6-2-4-8-19(17)26/h2-14,23H,15H2,1H3/t23-/m1/s1. The number of rotatable bonds is 4. The van der Waals surface area contributed by atoms with Crippen molar-refractivity contribution < 1.29 is 13.9 Å². The topological polar surface area (TPSA) is 67.7 Å². The number of hydrazone groups is 1. The van der Waals surface area contributed by atoms with Gasteiger partial charge >= 0.3 is 0 Å². The Balaban J connectivity index is 1.61. The van der Waals surface area contributed by atoms with Gasteiger partial charge in [0, 0.05) is 24.4 Å². The van der Waals surface area contributed by atoms with Gasteiger partial charge in [-0.05, 0) is 42.0 Å². The molecule has 158 valence electrons. The molecule has 0 saturated carbocycles. The normalized spacial score (nSPS) is 15.6. The van der Waals surface area contributed by atoms with Crippen LogP contribution in [0.15, 0.2) is 84.2 Å². The van der Waals surface area contributed by atoms with Crippen LogP contribution in [0.25, 0.3) is 11.0 Å². The van der Waals surface area contributed by atoms with Crippen molar-refractivity contribution in [2.24, 2.45) is 5.10 Å². The highest BCUT2D eigenvalue weighted by Gasteiger charge is 2.35. The molecule has 0 unspecified atom stereocenters. The van der Waals surface area contributed by atoms with Crippen molar-refractivity contribution >= 4 is 22.7 Å². The van der Waals surface area contributed by atoms with E-state index in [1.807, 2.05) is 42.5 Å². The molecular formula is C25H19FN4O2. The van der Waals surface area contributed by atoms with E-state index in [9.17, 15) is 9.18 Å². The Morgan fingerprint density at radius 2 is 1.75 bits per heavy atom. The second-order valence-corrected chi connectivity index (χ2v) is 7.40. The summed E-state index contributed by atoms with van der Waals surface area (Å²) in [4.78, 5) is 22.1. The third kappa shape index (κ3) is 3.47. The molecule has 0 fully saturated rings. The summed E-state index contributed by atoms with van der Waals surface area (Å²) in [7, 11) is 1.59. The lowest BCUT2D eigenvalue weighted by Gasteiger charge is -2.22. The van der Waals surface area contributed by atoms with Crippen LogP contribution in [0.2, 0.25) is 0 Å². The molecule has 0 radical (unpaired) electrons. The lowest BCUT2D eigenvalue weighted by molar-refractivity contribution is 0.0706. The second-order valence-electron chi connectivity index (χ2n) is 7.40. The van der Waals surface area contributed by atoms with Crippen molar-refractivity contribution in [3.63, 3.8) is 0 Å². The number of para-hydroxylation sites is 1. The van der Waals surface area contributed by atoms with E-state index in [2.05, 4.69) is 15.1 Å². The van der Waals surface area contributed by atoms with Gasteiger partial charge in [-0.15, -0.1) is 0 Å². The summed E-state index contributed by atoms with van der Waals surface area (Å²) >= 11 is 0. The van der Waals surface area contributed by atoms with Gasteiger partial charge in [-0.3, -0.25) is 14.8 Å². The van der Waals surface area contributed by atoms with Crippen molar-refractivity contribution in [2.45, 2.75) is 12.5 Å². The molecule has 1 amide bonds. The van der Waals surface area contributed by atoms with E-state index in [1.54, 1.807) is 31.6 Å². The fraction of sp³-hybridized carbons (Fsp3) is 0.120. The maximum absolute atomic E-state index is 14.4. The quantitative estimate of drug-likeness (QED) is 0.472. The van der Waals surface area contributed by atoms with Gasteiger partial charge in [0.05, 0.1) is 35.5 Å². The maximum Gasteiger partial charge on any atom is 0.277 e. The minimum absolute atomic E-state index is 0.0249. The molecule has 7 heteroatoms. The van der Waals surface area contributed by atoms with Crippen LogP contribution in [0.5, 0.6) is 5.75 Å². The maximum atomic E-state index is 14.4. The minimum atomic E-state index is -0.582. The molecule has 32 heavy (non-hydrogen) atoms. The van der Waals surface area contributed by atoms with Crippen molar-refractivity contribution in [3.05, 3.63) is 102 Å². The number of hydrogen-bond donors (Lipinski definition) is 0. The summed E-state index contributed by atoms with van der Waals surface area (Å²) in [6.45, 7) is 0. The Kier molecular flexibility index (Phi) is 5.07. The molecule has 0 bridgehead atoms. The molecular weight excluding hydrogens is 407 g/mol. The Morgan fingerprint density at radius 3 is 2.56 bits per heavy atom. The van der Waals surface area contributed by atoms with Crippen molar-refractivity contribution in [1.82, 2.24) is 15.0 Å². The number of amides is 1. The number of halogens is 1. The Bertz CT molecular complexity index is 1350. The number of methoxy groups -OCH3 is 1. The molecule has 3 aromatic carbocycles. The highest BCUT2D eigenvalue weighted by molar-refractivity contribution is 6.06. The van der Waals surface area contributed by atoms with E-state index in [4.69, 9.17) is 4.74 Å². The van der Waals surface area contributed by atoms with Crippen LogP contribution in [0.1, 0.15) is 33.9 Å². The minimum Gasteiger partial charge on any atom is -0.496 e. The molecule has 0 aliphatic carbocycles. The fourth-order valence-corrected chi connectivity index (χ4v) is 3.95. The van der Waals surface area contributed by atoms with E-state index in [0.29, 0.717) is 23.4 Å². The number of ether oxygens (including phenoxy) is 1. The Morgan fingerprint density at radius 1 is 1.00 bits per heavy atom. The van der Waals surface area contributed by atoms with Crippen LogP contribution in [0, 0.1) is 5.82 Å². The van der Waals surface area contributed by atoms with E-state index < -0.39 is 17.8 Å². The SMILES string of the molecule is COc1ccccc1C1=NN(C(=O)c2ccccc2F)[C@@H](c2ccc3nccnc3c2)C1. The fourth-order valence-electron chi connectivity index (χ4n) is 3.95. The zero-order valence-corrected chi connectivity index (χ0v) is 17.3. The summed E-state index contributed by atoms with van der Waals surface area (Å²) in [6.07, 6.45) is 3.71. The van der Waals surface area contributed by atoms with E-state index in [0.717, 1.165) is 16.6 Å². The summed E-state index contributed by atoms with van der Waals surface area (Å²) in [5, 5.41) is 6.00. The van der Waals surface area contributed by atoms with Crippen LogP contribution in [0.4, 0.5) is 4.39 Å². The smallest absolute Gasteiger partial charge is 0.277 e. The van der Waals surface area contributed by atoms with Crippen molar-refractivity contribution in [3.8, 4) is 5.75 Å². The van der Waals surface area contributed by atoms with Crippen LogP contribution in [-0.2, 0) is 0 Å². The summed E-state index contributed by atoms with van der Waals surface area (Å²) in [6, 6.07) is 18.7. The molecule has 0 N–H and O–H groups in total. The van der Waals surface area contributed by atoms with Crippen molar-refractivity contribution in [2.75, 3.05) is 7.11 Å². The first-order valence-corrected chi connectivity index (χ1v) is 10.2. The molecule has 6 nitrogen and oxygen atoms in total. The third-order valence-corrected chi connectivity index (χ3v) is 5.52. The molecule has 1 aliphatic rings. The molecule has 4 aromatic rings. The van der Waals surface area contributed by atoms with Gasteiger partial charge in [0.2, 0.25) is 0 Å². The van der Waals surface area contributed by atoms with Gasteiger partial charge in [0.25, 0.3) is 5.91 Å². The van der Waals surface area contributed by atoms with Crippen LogP contribution in [-0.4, -0.2) is 33.7 Å². The third-order valence-electron chi connectivity index (χ3n) is 5.52. The molecule has 5 rings (SSSR count). The van der Waals surface area contributed by atoms with Gasteiger partial charge in [-0.2, -0.15) is 5.10 Å². The molecule has 0 spiro atoms. The molecule has 0 saturated heterocycles. The first-order valence-electron chi connectivity index (χ1n) is 10.2. The average molecular weight is 426 g/mol. The van der Waals surface area contributed by atoms with Crippen LogP contribution < -0.4 is 4.74 Å². The van der Waals surface area contributed by atoms with E-state index >= 15 is 0 Å². The average Bonchev–Trinajstić information content (AvgIpc) is 3.29. The van der Waals surface area contributed by atoms with Gasteiger partial charge in [0.1, 0.15) is 11.6 Å². The lowest BCUT2D eigenvalue weighted by atomic mass is 9.97. The molecule has 1 aromatic heterocycles. The monoisotopic (exact) mass is 426 g/mol. The highest BCUT2D eigenvalue weighted by atomic mass is 19.1. The number of benzene rings is 3. The van der Waals surface area contributed by atoms with Gasteiger partial charge in [-0.25, -0.2) is 9.40 Å². The lowest BCUT2D eigenvalue weighted by Crippen LogP contribution is -2.27. The number of aromatic nitrogens is 2. The number of fused-ring (bicyclic) bond motifs is 1. The van der Waals surface area contributed by atoms with Gasteiger partial charge in [0.15, 0.2) is 0 Å². The number of carbonyl (C=O) groups excluding carboxylic acids is 1. The van der Waals surface area contributed by atoms with Gasteiger partial charge in [-0.1, -0.05) is 30.3 Å². The highest BCUT2D eigenvalue weighted by Crippen LogP contribution is 2.36. The largest absolute Gasteiger partial charge is 0.496 e. The van der Waals surface area contributed by atoms with E-state index in [-0.39, 0.29) is 5.56 Å².